The quantitative estimate of drug-likeness (QED) is 0.128. The first-order chi connectivity index (χ1) is 12.2. The minimum Gasteiger partial charge on any atom is -0.204 e. The molecule has 4 nitrogen and oxygen atoms in total. The van der Waals surface area contributed by atoms with Crippen LogP contribution in [0.25, 0.3) is 0 Å². The largest absolute Gasteiger partial charge is 0.204 e. The van der Waals surface area contributed by atoms with Gasteiger partial charge in [-0.15, -0.1) is 0 Å². The molecule has 0 saturated heterocycles. The summed E-state index contributed by atoms with van der Waals surface area (Å²) in [5.74, 6) is 0. The molecular weight excluding hydrogens is 316 g/mol. The molecule has 0 spiro atoms. The Morgan fingerprint density at radius 2 is 1.08 bits per heavy atom. The highest BCUT2D eigenvalue weighted by molar-refractivity contribution is 4.78. The smallest absolute Gasteiger partial charge is 0.107 e. The van der Waals surface area contributed by atoms with E-state index in [2.05, 4.69) is 20.8 Å². The molecule has 0 aromatic carbocycles. The number of unbranched alkanes of at least 4 members (excludes halogenated alkanes) is 8. The maximum atomic E-state index is 5.68. The second-order valence-corrected chi connectivity index (χ2v) is 7.30. The molecule has 0 atom stereocenters. The molecule has 0 heterocycles. The molecular formula is C21H44O4. The standard InChI is InChI=1S/C21H44O4/c1-5-9-10-11-12-13-14-15-16-19-21(17-6-2,18-7-3)23-25-24-22-20-8-4/h5-20H2,1-4H3. The summed E-state index contributed by atoms with van der Waals surface area (Å²) in [6.45, 7) is 9.19. The molecule has 0 N–H and O–H groups in total. The Bertz CT molecular complexity index is 252. The zero-order valence-corrected chi connectivity index (χ0v) is 17.4. The van der Waals surface area contributed by atoms with Gasteiger partial charge in [0, 0.05) is 0 Å². The molecule has 0 rings (SSSR count). The third-order valence-electron chi connectivity index (χ3n) is 4.72. The molecule has 0 aliphatic carbocycles. The fourth-order valence-electron chi connectivity index (χ4n) is 3.39. The highest BCUT2D eigenvalue weighted by Crippen LogP contribution is 2.31. The van der Waals surface area contributed by atoms with Gasteiger partial charge < -0.3 is 0 Å². The lowest BCUT2D eigenvalue weighted by molar-refractivity contribution is -0.652. The van der Waals surface area contributed by atoms with Gasteiger partial charge >= 0.3 is 0 Å². The van der Waals surface area contributed by atoms with E-state index in [1.807, 2.05) is 6.92 Å². The molecule has 0 aliphatic heterocycles. The van der Waals surface area contributed by atoms with Gasteiger partial charge in [-0.1, -0.05) is 98.3 Å². The van der Waals surface area contributed by atoms with Crippen molar-refractivity contribution in [2.75, 3.05) is 6.61 Å². The van der Waals surface area contributed by atoms with E-state index < -0.39 is 0 Å². The zero-order valence-electron chi connectivity index (χ0n) is 17.4. The maximum absolute atomic E-state index is 5.68. The Kier molecular flexibility index (Phi) is 18.5. The predicted molar refractivity (Wildman–Crippen MR) is 104 cm³/mol. The number of rotatable bonds is 20. The number of hydrogen-bond donors (Lipinski definition) is 0. The summed E-state index contributed by atoms with van der Waals surface area (Å²) >= 11 is 0. The lowest BCUT2D eigenvalue weighted by atomic mass is 9.87. The average Bonchev–Trinajstić information content (AvgIpc) is 2.60. The molecule has 0 aromatic rings. The van der Waals surface area contributed by atoms with Gasteiger partial charge in [0.25, 0.3) is 0 Å². The average molecular weight is 361 g/mol. The Labute approximate surface area is 156 Å². The second kappa shape index (κ2) is 18.6. The Balaban J connectivity index is 3.99. The highest BCUT2D eigenvalue weighted by atomic mass is 17.7. The fourth-order valence-corrected chi connectivity index (χ4v) is 3.39. The normalized spacial score (nSPS) is 12.0. The van der Waals surface area contributed by atoms with Gasteiger partial charge in [-0.25, -0.2) is 4.89 Å². The summed E-state index contributed by atoms with van der Waals surface area (Å²) < 4.78 is 0. The second-order valence-electron chi connectivity index (χ2n) is 7.30. The zero-order chi connectivity index (χ0) is 18.6. The first-order valence-electron chi connectivity index (χ1n) is 10.9. The summed E-state index contributed by atoms with van der Waals surface area (Å²) in [5.41, 5.74) is -0.236. The maximum Gasteiger partial charge on any atom is 0.107 e. The highest BCUT2D eigenvalue weighted by Gasteiger charge is 2.31. The molecule has 0 fully saturated rings. The topological polar surface area (TPSA) is 36.9 Å². The van der Waals surface area contributed by atoms with E-state index in [0.717, 1.165) is 38.5 Å². The van der Waals surface area contributed by atoms with Crippen molar-refractivity contribution in [1.82, 2.24) is 0 Å². The lowest BCUT2D eigenvalue weighted by Crippen LogP contribution is -2.33. The van der Waals surface area contributed by atoms with Crippen molar-refractivity contribution in [3.8, 4) is 0 Å². The molecule has 0 bridgehead atoms. The van der Waals surface area contributed by atoms with E-state index >= 15 is 0 Å². The summed E-state index contributed by atoms with van der Waals surface area (Å²) in [5, 5.41) is 9.61. The van der Waals surface area contributed by atoms with Crippen LogP contribution in [0.1, 0.15) is 124 Å². The van der Waals surface area contributed by atoms with Crippen LogP contribution in [0.4, 0.5) is 0 Å². The van der Waals surface area contributed by atoms with Crippen LogP contribution in [0.3, 0.4) is 0 Å². The van der Waals surface area contributed by atoms with Gasteiger partial charge in [-0.3, -0.25) is 0 Å². The third-order valence-corrected chi connectivity index (χ3v) is 4.72. The van der Waals surface area contributed by atoms with E-state index in [-0.39, 0.29) is 5.60 Å². The van der Waals surface area contributed by atoms with Crippen LogP contribution in [-0.4, -0.2) is 12.2 Å². The molecule has 0 aromatic heterocycles. The van der Waals surface area contributed by atoms with Crippen LogP contribution < -0.4 is 0 Å². The van der Waals surface area contributed by atoms with Crippen LogP contribution in [0.15, 0.2) is 0 Å². The molecule has 25 heavy (non-hydrogen) atoms. The van der Waals surface area contributed by atoms with Gasteiger partial charge in [0.1, 0.15) is 5.60 Å². The van der Waals surface area contributed by atoms with E-state index in [1.165, 1.54) is 57.8 Å². The van der Waals surface area contributed by atoms with Crippen LogP contribution >= 0.6 is 0 Å². The van der Waals surface area contributed by atoms with Gasteiger partial charge in [-0.2, -0.15) is 4.89 Å². The van der Waals surface area contributed by atoms with E-state index in [0.29, 0.717) is 6.61 Å². The Morgan fingerprint density at radius 3 is 1.60 bits per heavy atom. The fraction of sp³-hybridized carbons (Fsp3) is 1.00. The predicted octanol–water partition coefficient (Wildman–Crippen LogP) is 7.47. The first-order valence-corrected chi connectivity index (χ1v) is 10.9. The van der Waals surface area contributed by atoms with Crippen LogP contribution in [0.5, 0.6) is 0 Å². The summed E-state index contributed by atoms with van der Waals surface area (Å²) in [4.78, 5) is 10.6. The molecule has 0 amide bonds. The van der Waals surface area contributed by atoms with E-state index in [1.54, 1.807) is 0 Å². The minimum atomic E-state index is -0.236. The van der Waals surface area contributed by atoms with Crippen molar-refractivity contribution >= 4 is 0 Å². The van der Waals surface area contributed by atoms with Crippen molar-refractivity contribution in [3.63, 3.8) is 0 Å². The molecule has 0 radical (unpaired) electrons. The van der Waals surface area contributed by atoms with Gasteiger partial charge in [0.15, 0.2) is 0 Å². The van der Waals surface area contributed by atoms with Crippen molar-refractivity contribution in [3.05, 3.63) is 0 Å². The summed E-state index contributed by atoms with van der Waals surface area (Å²) in [6.07, 6.45) is 18.1. The van der Waals surface area contributed by atoms with Gasteiger partial charge in [0.2, 0.25) is 0 Å². The van der Waals surface area contributed by atoms with Gasteiger partial charge in [0.05, 0.1) is 6.61 Å². The molecule has 0 unspecified atom stereocenters. The van der Waals surface area contributed by atoms with Crippen LogP contribution in [0, 0.1) is 0 Å². The van der Waals surface area contributed by atoms with Crippen LogP contribution in [-0.2, 0) is 19.9 Å². The third kappa shape index (κ3) is 14.7. The summed E-state index contributed by atoms with van der Waals surface area (Å²) in [6, 6.07) is 0. The van der Waals surface area contributed by atoms with Crippen LogP contribution in [0.2, 0.25) is 0 Å². The monoisotopic (exact) mass is 360 g/mol. The molecule has 4 heteroatoms. The lowest BCUT2D eigenvalue weighted by Gasteiger charge is -2.31. The Morgan fingerprint density at radius 1 is 0.520 bits per heavy atom. The molecule has 152 valence electrons. The van der Waals surface area contributed by atoms with E-state index in [4.69, 9.17) is 19.9 Å². The van der Waals surface area contributed by atoms with Crippen molar-refractivity contribution in [2.45, 2.75) is 130 Å². The molecule has 0 aliphatic rings. The summed E-state index contributed by atoms with van der Waals surface area (Å²) in [7, 11) is 0. The van der Waals surface area contributed by atoms with Crippen molar-refractivity contribution < 1.29 is 19.9 Å². The minimum absolute atomic E-state index is 0.236. The molecule has 0 saturated carbocycles. The van der Waals surface area contributed by atoms with Crippen molar-refractivity contribution in [1.29, 1.82) is 0 Å². The first kappa shape index (κ1) is 24.8. The number of hydrogen-bond acceptors (Lipinski definition) is 4. The van der Waals surface area contributed by atoms with Gasteiger partial charge in [-0.05, 0) is 35.8 Å². The Hall–Kier alpha value is -0.160. The van der Waals surface area contributed by atoms with E-state index in [9.17, 15) is 0 Å². The van der Waals surface area contributed by atoms with Crippen molar-refractivity contribution in [2.24, 2.45) is 0 Å². The SMILES string of the molecule is CCCCCCCCCCCC(CCC)(CCC)OOOOCCC.